The van der Waals surface area contributed by atoms with Crippen molar-refractivity contribution >= 4 is 8.58 Å². The van der Waals surface area contributed by atoms with E-state index in [0.717, 1.165) is 8.58 Å². The van der Waals surface area contributed by atoms with Gasteiger partial charge in [-0.3, -0.25) is 0 Å². The molecule has 0 heterocycles. The quantitative estimate of drug-likeness (QED) is 0.431. The fourth-order valence-corrected chi connectivity index (χ4v) is 2.89. The molecule has 2 saturated carbocycles. The number of rotatable bonds is 2. The van der Waals surface area contributed by atoms with Crippen LogP contribution in [0.1, 0.15) is 25.7 Å². The van der Waals surface area contributed by atoms with Crippen molar-refractivity contribution in [3.05, 3.63) is 0 Å². The van der Waals surface area contributed by atoms with Gasteiger partial charge in [0.2, 0.25) is 0 Å². The molecule has 0 nitrogen and oxygen atoms in total. The molecule has 0 bridgehead atoms. The predicted octanol–water partition coefficient (Wildman–Crippen LogP) is -1.27. The van der Waals surface area contributed by atoms with Crippen LogP contribution in [-0.2, 0) is 0 Å². The standard InChI is InChI=1S/C6H11P.ClH/c1-2-5(1)7-6-3-4-6;/h5-7H,1-4H2;1H. The molecule has 2 heteroatoms. The lowest BCUT2D eigenvalue weighted by atomic mass is 10.9. The third-order valence-electron chi connectivity index (χ3n) is 1.79. The maximum atomic E-state index is 1.59. The van der Waals surface area contributed by atoms with Gasteiger partial charge in [-0.05, 0) is 34.3 Å². The van der Waals surface area contributed by atoms with Crippen LogP contribution < -0.4 is 12.4 Å². The van der Waals surface area contributed by atoms with Crippen LogP contribution in [0.15, 0.2) is 0 Å². The van der Waals surface area contributed by atoms with Crippen molar-refractivity contribution in [1.29, 1.82) is 0 Å². The van der Waals surface area contributed by atoms with Gasteiger partial charge >= 0.3 is 0 Å². The predicted molar refractivity (Wildman–Crippen MR) is 35.8 cm³/mol. The molecule has 8 heavy (non-hydrogen) atoms. The minimum absolute atomic E-state index is 0. The molecule has 0 unspecified atom stereocenters. The third-order valence-corrected chi connectivity index (χ3v) is 4.21. The van der Waals surface area contributed by atoms with Crippen molar-refractivity contribution in [2.75, 3.05) is 0 Å². The maximum absolute atomic E-state index is 1.59. The van der Waals surface area contributed by atoms with E-state index in [9.17, 15) is 0 Å². The Labute approximate surface area is 58.6 Å². The van der Waals surface area contributed by atoms with Crippen LogP contribution in [0.3, 0.4) is 0 Å². The number of hydrogen-bond acceptors (Lipinski definition) is 0. The second-order valence-corrected chi connectivity index (χ2v) is 5.14. The van der Waals surface area contributed by atoms with E-state index in [1.54, 1.807) is 25.7 Å². The van der Waals surface area contributed by atoms with Crippen LogP contribution in [0.5, 0.6) is 0 Å². The minimum Gasteiger partial charge on any atom is -1.00 e. The van der Waals surface area contributed by atoms with Gasteiger partial charge in [-0.1, -0.05) is 0 Å². The van der Waals surface area contributed by atoms with Gasteiger partial charge < -0.3 is 12.4 Å². The highest BCUT2D eigenvalue weighted by molar-refractivity contribution is 7.40. The second kappa shape index (κ2) is 2.54. The maximum Gasteiger partial charge on any atom is 0.0658 e. The smallest absolute Gasteiger partial charge is 0.0658 e. The normalized spacial score (nSPS) is 27.0. The molecule has 2 rings (SSSR count). The summed E-state index contributed by atoms with van der Waals surface area (Å²) in [5, 5.41) is 0. The van der Waals surface area contributed by atoms with E-state index in [1.165, 1.54) is 11.3 Å². The molecular formula is C6H12ClP. The van der Waals surface area contributed by atoms with Crippen LogP contribution in [0, 0.1) is 0 Å². The first kappa shape index (κ1) is 6.83. The van der Waals surface area contributed by atoms with Gasteiger partial charge in [0.25, 0.3) is 0 Å². The SMILES string of the molecule is C1CC1[PH2+]C1CC1.[Cl-]. The average molecular weight is 151 g/mol. The van der Waals surface area contributed by atoms with Crippen LogP contribution in [-0.4, -0.2) is 11.3 Å². The monoisotopic (exact) mass is 150 g/mol. The summed E-state index contributed by atoms with van der Waals surface area (Å²) >= 11 is 0. The second-order valence-electron chi connectivity index (χ2n) is 2.87. The largest absolute Gasteiger partial charge is 1.00 e. The fourth-order valence-electron chi connectivity index (χ4n) is 0.962. The van der Waals surface area contributed by atoms with Crippen LogP contribution in [0.25, 0.3) is 0 Å². The van der Waals surface area contributed by atoms with E-state index < -0.39 is 0 Å². The first-order chi connectivity index (χ1) is 3.45. The summed E-state index contributed by atoms with van der Waals surface area (Å²) in [6, 6.07) is 0. The molecule has 0 aromatic carbocycles. The van der Waals surface area contributed by atoms with Gasteiger partial charge in [0, 0.05) is 0 Å². The van der Waals surface area contributed by atoms with Crippen molar-refractivity contribution in [2.45, 2.75) is 37.0 Å². The van der Waals surface area contributed by atoms with Crippen LogP contribution in [0.2, 0.25) is 0 Å². The molecule has 0 aromatic rings. The van der Waals surface area contributed by atoms with Crippen molar-refractivity contribution in [1.82, 2.24) is 0 Å². The molecule has 0 atom stereocenters. The van der Waals surface area contributed by atoms with Gasteiger partial charge in [0.1, 0.15) is 0 Å². The Morgan fingerprint density at radius 2 is 1.25 bits per heavy atom. The fraction of sp³-hybridized carbons (Fsp3) is 1.00. The van der Waals surface area contributed by atoms with Gasteiger partial charge in [-0.25, -0.2) is 0 Å². The first-order valence-electron chi connectivity index (χ1n) is 3.30. The molecule has 2 aliphatic carbocycles. The highest BCUT2D eigenvalue weighted by Crippen LogP contribution is 2.50. The van der Waals surface area contributed by atoms with E-state index in [0.29, 0.717) is 0 Å². The summed E-state index contributed by atoms with van der Waals surface area (Å²) in [5.41, 5.74) is 2.54. The molecule has 0 spiro atoms. The van der Waals surface area contributed by atoms with E-state index in [-0.39, 0.29) is 12.4 Å². The van der Waals surface area contributed by atoms with E-state index in [2.05, 4.69) is 0 Å². The summed E-state index contributed by atoms with van der Waals surface area (Å²) in [4.78, 5) is 0. The van der Waals surface area contributed by atoms with E-state index >= 15 is 0 Å². The summed E-state index contributed by atoms with van der Waals surface area (Å²) < 4.78 is 0. The van der Waals surface area contributed by atoms with Crippen molar-refractivity contribution in [3.63, 3.8) is 0 Å². The Bertz CT molecular complexity index is 66.6. The molecule has 0 amide bonds. The molecule has 48 valence electrons. The minimum atomic E-state index is 0. The third kappa shape index (κ3) is 1.91. The lowest BCUT2D eigenvalue weighted by Crippen LogP contribution is -3.00. The molecule has 0 radical (unpaired) electrons. The van der Waals surface area contributed by atoms with Gasteiger partial charge in [0.05, 0.1) is 11.3 Å². The Hall–Kier alpha value is 0.720. The summed E-state index contributed by atoms with van der Waals surface area (Å²) in [5.74, 6) is 0. The Morgan fingerprint density at radius 3 is 1.50 bits per heavy atom. The molecule has 0 aliphatic heterocycles. The Morgan fingerprint density at radius 1 is 0.875 bits per heavy atom. The molecule has 2 aliphatic rings. The highest BCUT2D eigenvalue weighted by Gasteiger charge is 2.37. The Kier molecular flexibility index (Phi) is 2.17. The molecular weight excluding hydrogens is 138 g/mol. The molecule has 2 fully saturated rings. The zero-order valence-corrected chi connectivity index (χ0v) is 6.85. The molecule has 0 saturated heterocycles. The topological polar surface area (TPSA) is 0 Å². The first-order valence-corrected chi connectivity index (χ1v) is 4.63. The number of halogens is 1. The van der Waals surface area contributed by atoms with Crippen molar-refractivity contribution < 1.29 is 12.4 Å². The van der Waals surface area contributed by atoms with E-state index in [1.807, 2.05) is 0 Å². The highest BCUT2D eigenvalue weighted by atomic mass is 35.5. The summed E-state index contributed by atoms with van der Waals surface area (Å²) in [7, 11) is 0.935. The summed E-state index contributed by atoms with van der Waals surface area (Å²) in [6.07, 6.45) is 6.36. The molecule has 0 N–H and O–H groups in total. The average Bonchev–Trinajstić information content (AvgIpc) is 2.33. The Balaban J connectivity index is 0.000000320. The van der Waals surface area contributed by atoms with Crippen molar-refractivity contribution in [2.24, 2.45) is 0 Å². The van der Waals surface area contributed by atoms with E-state index in [4.69, 9.17) is 0 Å². The van der Waals surface area contributed by atoms with Crippen LogP contribution in [0.4, 0.5) is 0 Å². The zero-order chi connectivity index (χ0) is 4.69. The lowest BCUT2D eigenvalue weighted by Gasteiger charge is -1.78. The lowest BCUT2D eigenvalue weighted by molar-refractivity contribution is -0.00000137. The van der Waals surface area contributed by atoms with Crippen LogP contribution >= 0.6 is 8.58 Å². The zero-order valence-electron chi connectivity index (χ0n) is 4.94. The van der Waals surface area contributed by atoms with Gasteiger partial charge in [-0.15, -0.1) is 0 Å². The molecule has 0 aromatic heterocycles. The van der Waals surface area contributed by atoms with Gasteiger partial charge in [0.15, 0.2) is 0 Å². The van der Waals surface area contributed by atoms with Gasteiger partial charge in [-0.2, -0.15) is 0 Å². The van der Waals surface area contributed by atoms with Crippen molar-refractivity contribution in [3.8, 4) is 0 Å². The summed E-state index contributed by atoms with van der Waals surface area (Å²) in [6.45, 7) is 0. The number of hydrogen-bond donors (Lipinski definition) is 0.